The van der Waals surface area contributed by atoms with Crippen molar-refractivity contribution < 1.29 is 4.79 Å². The first-order chi connectivity index (χ1) is 14.1. The number of thiazole rings is 1. The maximum absolute atomic E-state index is 12.3. The highest BCUT2D eigenvalue weighted by Crippen LogP contribution is 2.23. The molecule has 1 aliphatic heterocycles. The molecule has 0 atom stereocenters. The maximum Gasteiger partial charge on any atom is 0.238 e. The number of benzene rings is 2. The van der Waals surface area contributed by atoms with Gasteiger partial charge in [-0.3, -0.25) is 14.6 Å². The molecule has 2 aromatic carbocycles. The van der Waals surface area contributed by atoms with E-state index in [2.05, 4.69) is 21.2 Å². The van der Waals surface area contributed by atoms with E-state index in [1.165, 1.54) is 4.70 Å². The molecule has 148 valence electrons. The minimum absolute atomic E-state index is 0.0783. The second-order valence-electron chi connectivity index (χ2n) is 6.98. The fourth-order valence-electron chi connectivity index (χ4n) is 3.37. The third-order valence-corrected chi connectivity index (χ3v) is 6.24. The zero-order valence-corrected chi connectivity index (χ0v) is 17.3. The Morgan fingerprint density at radius 1 is 1.17 bits per heavy atom. The monoisotopic (exact) mass is 425 g/mol. The molecule has 0 bridgehead atoms. The minimum Gasteiger partial charge on any atom is -0.325 e. The van der Waals surface area contributed by atoms with Crippen LogP contribution in [0.5, 0.6) is 0 Å². The summed E-state index contributed by atoms with van der Waals surface area (Å²) in [5, 5.41) is 13.2. The van der Waals surface area contributed by atoms with Gasteiger partial charge in [-0.1, -0.05) is 23.7 Å². The van der Waals surface area contributed by atoms with Crippen molar-refractivity contribution in [3.8, 4) is 6.07 Å². The first kappa shape index (κ1) is 19.8. The van der Waals surface area contributed by atoms with Gasteiger partial charge in [0.2, 0.25) is 5.91 Å². The van der Waals surface area contributed by atoms with Crippen LogP contribution in [0.3, 0.4) is 0 Å². The molecule has 3 aromatic rings. The van der Waals surface area contributed by atoms with Crippen molar-refractivity contribution in [3.63, 3.8) is 0 Å². The predicted octanol–water partition coefficient (Wildman–Crippen LogP) is 3.58. The van der Waals surface area contributed by atoms with Crippen LogP contribution in [-0.2, 0) is 11.3 Å². The van der Waals surface area contributed by atoms with Crippen LogP contribution in [0.2, 0.25) is 5.02 Å². The third-order valence-electron chi connectivity index (χ3n) is 4.90. The highest BCUT2D eigenvalue weighted by molar-refractivity contribution is 7.18. The number of piperazine rings is 1. The smallest absolute Gasteiger partial charge is 0.238 e. The van der Waals surface area contributed by atoms with Crippen LogP contribution < -0.4 is 5.32 Å². The molecule has 1 aromatic heterocycles. The van der Waals surface area contributed by atoms with E-state index in [9.17, 15) is 4.79 Å². The van der Waals surface area contributed by atoms with Gasteiger partial charge in [-0.2, -0.15) is 5.26 Å². The Morgan fingerprint density at radius 3 is 2.66 bits per heavy atom. The van der Waals surface area contributed by atoms with E-state index in [4.69, 9.17) is 21.8 Å². The Hall–Kier alpha value is -2.50. The third kappa shape index (κ3) is 4.92. The van der Waals surface area contributed by atoms with E-state index >= 15 is 0 Å². The summed E-state index contributed by atoms with van der Waals surface area (Å²) in [5.74, 6) is -0.0783. The number of hydrogen-bond acceptors (Lipinski definition) is 6. The zero-order chi connectivity index (χ0) is 20.2. The summed E-state index contributed by atoms with van der Waals surface area (Å²) in [7, 11) is 0. The number of nitriles is 1. The number of anilines is 1. The van der Waals surface area contributed by atoms with Gasteiger partial charge in [0, 0.05) is 31.9 Å². The standard InChI is InChI=1S/C21H20ClN5OS/c22-17-11-16(6-5-15(17)12-23)24-20(28)13-26-7-9-27(10-8-26)14-21-25-18-3-1-2-4-19(18)29-21/h1-6,11H,7-10,13-14H2,(H,24,28). The van der Waals surface area contributed by atoms with Gasteiger partial charge in [-0.15, -0.1) is 11.3 Å². The van der Waals surface area contributed by atoms with Crippen LogP contribution in [-0.4, -0.2) is 53.4 Å². The van der Waals surface area contributed by atoms with Crippen molar-refractivity contribution in [1.29, 1.82) is 5.26 Å². The van der Waals surface area contributed by atoms with Crippen LogP contribution in [0.4, 0.5) is 5.69 Å². The van der Waals surface area contributed by atoms with Crippen molar-refractivity contribution in [1.82, 2.24) is 14.8 Å². The summed E-state index contributed by atoms with van der Waals surface area (Å²) < 4.78 is 1.22. The number of hydrogen-bond donors (Lipinski definition) is 1. The van der Waals surface area contributed by atoms with Crippen LogP contribution in [0.1, 0.15) is 10.6 Å². The summed E-state index contributed by atoms with van der Waals surface area (Å²) in [6.45, 7) is 4.69. The second-order valence-corrected chi connectivity index (χ2v) is 8.50. The number of halogens is 1. The number of carbonyl (C=O) groups is 1. The molecule has 29 heavy (non-hydrogen) atoms. The van der Waals surface area contributed by atoms with E-state index in [1.807, 2.05) is 24.3 Å². The lowest BCUT2D eigenvalue weighted by Gasteiger charge is -2.33. The van der Waals surface area contributed by atoms with Crippen molar-refractivity contribution in [2.45, 2.75) is 6.54 Å². The van der Waals surface area contributed by atoms with Crippen molar-refractivity contribution in [2.75, 3.05) is 38.0 Å². The van der Waals surface area contributed by atoms with Crippen molar-refractivity contribution in [2.24, 2.45) is 0 Å². The largest absolute Gasteiger partial charge is 0.325 e. The predicted molar refractivity (Wildman–Crippen MR) is 116 cm³/mol. The van der Waals surface area contributed by atoms with Gasteiger partial charge in [0.25, 0.3) is 0 Å². The Morgan fingerprint density at radius 2 is 1.93 bits per heavy atom. The molecule has 0 radical (unpaired) electrons. The minimum atomic E-state index is -0.0783. The number of nitrogens with zero attached hydrogens (tertiary/aromatic N) is 4. The molecule has 1 aliphatic rings. The van der Waals surface area contributed by atoms with Crippen LogP contribution in [0.25, 0.3) is 10.2 Å². The van der Waals surface area contributed by atoms with Gasteiger partial charge in [0.1, 0.15) is 11.1 Å². The Labute approximate surface area is 178 Å². The van der Waals surface area contributed by atoms with Gasteiger partial charge >= 0.3 is 0 Å². The van der Waals surface area contributed by atoms with E-state index in [0.717, 1.165) is 43.2 Å². The summed E-state index contributed by atoms with van der Waals surface area (Å²) in [4.78, 5) is 21.6. The lowest BCUT2D eigenvalue weighted by Crippen LogP contribution is -2.48. The van der Waals surface area contributed by atoms with Gasteiger partial charge < -0.3 is 5.32 Å². The Bertz CT molecular complexity index is 1040. The van der Waals surface area contributed by atoms with Crippen molar-refractivity contribution >= 4 is 44.7 Å². The van der Waals surface area contributed by atoms with Gasteiger partial charge in [-0.05, 0) is 30.3 Å². The average Bonchev–Trinajstić information content (AvgIpc) is 3.12. The van der Waals surface area contributed by atoms with Gasteiger partial charge in [0.15, 0.2) is 0 Å². The maximum atomic E-state index is 12.3. The molecule has 0 spiro atoms. The quantitative estimate of drug-likeness (QED) is 0.676. The number of nitrogens with one attached hydrogen (secondary N) is 1. The lowest BCUT2D eigenvalue weighted by atomic mass is 10.2. The molecular formula is C21H20ClN5OS. The molecular weight excluding hydrogens is 406 g/mol. The zero-order valence-electron chi connectivity index (χ0n) is 15.8. The first-order valence-corrected chi connectivity index (χ1v) is 10.6. The summed E-state index contributed by atoms with van der Waals surface area (Å²) in [6.07, 6.45) is 0. The summed E-state index contributed by atoms with van der Waals surface area (Å²) >= 11 is 7.77. The molecule has 1 fully saturated rings. The SMILES string of the molecule is N#Cc1ccc(NC(=O)CN2CCN(Cc3nc4ccccc4s3)CC2)cc1Cl. The topological polar surface area (TPSA) is 72.3 Å². The summed E-state index contributed by atoms with van der Waals surface area (Å²) in [5.41, 5.74) is 2.06. The fraction of sp³-hybridized carbons (Fsp3) is 0.286. The van der Waals surface area contributed by atoms with Crippen LogP contribution >= 0.6 is 22.9 Å². The van der Waals surface area contributed by atoms with Crippen LogP contribution in [0, 0.1) is 11.3 Å². The van der Waals surface area contributed by atoms with E-state index in [0.29, 0.717) is 22.8 Å². The van der Waals surface area contributed by atoms with E-state index in [1.54, 1.807) is 29.5 Å². The number of carbonyl (C=O) groups excluding carboxylic acids is 1. The highest BCUT2D eigenvalue weighted by atomic mass is 35.5. The normalized spacial score (nSPS) is 15.3. The molecule has 2 heterocycles. The molecule has 4 rings (SSSR count). The second kappa shape index (κ2) is 8.89. The highest BCUT2D eigenvalue weighted by Gasteiger charge is 2.20. The number of fused-ring (bicyclic) bond motifs is 1. The van der Waals surface area contributed by atoms with Gasteiger partial charge in [0.05, 0.1) is 33.9 Å². The molecule has 0 saturated carbocycles. The fourth-order valence-corrected chi connectivity index (χ4v) is 4.60. The number of rotatable bonds is 5. The Balaban J connectivity index is 1.25. The summed E-state index contributed by atoms with van der Waals surface area (Å²) in [6, 6.07) is 15.1. The molecule has 8 heteroatoms. The number of para-hydroxylation sites is 1. The molecule has 0 aliphatic carbocycles. The molecule has 1 N–H and O–H groups in total. The Kier molecular flexibility index (Phi) is 6.07. The first-order valence-electron chi connectivity index (χ1n) is 9.39. The average molecular weight is 426 g/mol. The lowest BCUT2D eigenvalue weighted by molar-refractivity contribution is -0.117. The number of aromatic nitrogens is 1. The molecule has 0 unspecified atom stereocenters. The van der Waals surface area contributed by atoms with E-state index in [-0.39, 0.29) is 5.91 Å². The van der Waals surface area contributed by atoms with Crippen LogP contribution in [0.15, 0.2) is 42.5 Å². The molecule has 1 saturated heterocycles. The van der Waals surface area contributed by atoms with E-state index < -0.39 is 0 Å². The number of amides is 1. The molecule has 6 nitrogen and oxygen atoms in total. The van der Waals surface area contributed by atoms with Gasteiger partial charge in [-0.25, -0.2) is 4.98 Å². The van der Waals surface area contributed by atoms with Crippen molar-refractivity contribution in [3.05, 3.63) is 58.1 Å². The molecule has 1 amide bonds.